The van der Waals surface area contributed by atoms with Gasteiger partial charge in [-0.15, -0.1) is 0 Å². The molecule has 3 amide bonds. The van der Waals surface area contributed by atoms with Crippen LogP contribution in [-0.2, 0) is 0 Å². The predicted molar refractivity (Wildman–Crippen MR) is 75.4 cm³/mol. The number of carbonyl (C=O) groups is 2. The van der Waals surface area contributed by atoms with Crippen LogP contribution in [0, 0.1) is 5.92 Å². The molecule has 6 heteroatoms. The molecule has 0 aliphatic carbocycles. The van der Waals surface area contributed by atoms with Crippen LogP contribution in [0.5, 0.6) is 0 Å². The molecule has 1 aliphatic heterocycles. The molecule has 20 heavy (non-hydrogen) atoms. The van der Waals surface area contributed by atoms with Crippen molar-refractivity contribution in [2.24, 2.45) is 11.7 Å². The number of rotatable bonds is 3. The fraction of sp³-hybridized carbons (Fsp3) is 0.429. The second-order valence-electron chi connectivity index (χ2n) is 4.98. The van der Waals surface area contributed by atoms with Gasteiger partial charge in [0.15, 0.2) is 0 Å². The summed E-state index contributed by atoms with van der Waals surface area (Å²) < 4.78 is 0. The maximum Gasteiger partial charge on any atom is 0.316 e. The SMILES string of the molecule is NC(=O)Nc1ccc(C(=O)N2CCC(CO)CC2)cc1. The molecule has 1 aromatic carbocycles. The second kappa shape index (κ2) is 6.38. The van der Waals surface area contributed by atoms with Crippen LogP contribution in [0.4, 0.5) is 10.5 Å². The average Bonchev–Trinajstić information content (AvgIpc) is 2.47. The van der Waals surface area contributed by atoms with Crippen LogP contribution >= 0.6 is 0 Å². The molecule has 0 spiro atoms. The van der Waals surface area contributed by atoms with E-state index in [0.29, 0.717) is 30.3 Å². The Bertz CT molecular complexity index is 479. The van der Waals surface area contributed by atoms with E-state index in [1.165, 1.54) is 0 Å². The Morgan fingerprint density at radius 1 is 1.25 bits per heavy atom. The largest absolute Gasteiger partial charge is 0.396 e. The van der Waals surface area contributed by atoms with Crippen molar-refractivity contribution in [3.8, 4) is 0 Å². The minimum absolute atomic E-state index is 0.0213. The standard InChI is InChI=1S/C14H19N3O3/c15-14(20)16-12-3-1-11(2-4-12)13(19)17-7-5-10(9-18)6-8-17/h1-4,10,18H,5-9H2,(H3,15,16,20). The molecular formula is C14H19N3O3. The minimum Gasteiger partial charge on any atom is -0.396 e. The van der Waals surface area contributed by atoms with Crippen LogP contribution in [0.25, 0.3) is 0 Å². The first-order valence-corrected chi connectivity index (χ1v) is 6.67. The van der Waals surface area contributed by atoms with Crippen LogP contribution in [0.15, 0.2) is 24.3 Å². The van der Waals surface area contributed by atoms with Crippen molar-refractivity contribution in [2.75, 3.05) is 25.0 Å². The molecule has 1 aromatic rings. The van der Waals surface area contributed by atoms with E-state index in [4.69, 9.17) is 10.8 Å². The molecule has 0 aromatic heterocycles. The number of aliphatic hydroxyl groups is 1. The Balaban J connectivity index is 1.97. The van der Waals surface area contributed by atoms with Gasteiger partial charge in [0.2, 0.25) is 0 Å². The highest BCUT2D eigenvalue weighted by Gasteiger charge is 2.23. The molecule has 0 radical (unpaired) electrons. The number of benzene rings is 1. The lowest BCUT2D eigenvalue weighted by atomic mass is 9.97. The Labute approximate surface area is 117 Å². The van der Waals surface area contributed by atoms with E-state index in [1.807, 2.05) is 0 Å². The zero-order valence-electron chi connectivity index (χ0n) is 11.2. The highest BCUT2D eigenvalue weighted by molar-refractivity contribution is 5.95. The quantitative estimate of drug-likeness (QED) is 0.769. The maximum atomic E-state index is 12.3. The van der Waals surface area contributed by atoms with E-state index in [1.54, 1.807) is 29.2 Å². The summed E-state index contributed by atoms with van der Waals surface area (Å²) in [6, 6.07) is 6.02. The summed E-state index contributed by atoms with van der Waals surface area (Å²) in [5.74, 6) is 0.285. The molecule has 1 saturated heterocycles. The zero-order valence-corrected chi connectivity index (χ0v) is 11.2. The van der Waals surface area contributed by atoms with E-state index in [2.05, 4.69) is 5.32 Å². The first-order valence-electron chi connectivity index (χ1n) is 6.67. The number of urea groups is 1. The molecular weight excluding hydrogens is 258 g/mol. The number of nitrogens with zero attached hydrogens (tertiary/aromatic N) is 1. The van der Waals surface area contributed by atoms with Crippen molar-refractivity contribution < 1.29 is 14.7 Å². The van der Waals surface area contributed by atoms with Gasteiger partial charge in [0.05, 0.1) is 0 Å². The van der Waals surface area contributed by atoms with E-state index in [9.17, 15) is 9.59 Å². The summed E-state index contributed by atoms with van der Waals surface area (Å²) in [5.41, 5.74) is 6.17. The summed E-state index contributed by atoms with van der Waals surface area (Å²) in [4.78, 5) is 24.8. The van der Waals surface area contributed by atoms with Gasteiger partial charge in [0.25, 0.3) is 5.91 Å². The molecule has 4 N–H and O–H groups in total. The summed E-state index contributed by atoms with van der Waals surface area (Å²) >= 11 is 0. The monoisotopic (exact) mass is 277 g/mol. The topological polar surface area (TPSA) is 95.7 Å². The molecule has 1 heterocycles. The second-order valence-corrected chi connectivity index (χ2v) is 4.98. The highest BCUT2D eigenvalue weighted by atomic mass is 16.3. The van der Waals surface area contributed by atoms with Gasteiger partial charge in [0, 0.05) is 30.9 Å². The number of nitrogens with two attached hydrogens (primary N) is 1. The third-order valence-electron chi connectivity index (χ3n) is 3.56. The van der Waals surface area contributed by atoms with Crippen LogP contribution in [0.3, 0.4) is 0 Å². The van der Waals surface area contributed by atoms with Crippen LogP contribution in [0.2, 0.25) is 0 Å². The molecule has 0 unspecified atom stereocenters. The number of hydrogen-bond acceptors (Lipinski definition) is 3. The molecule has 0 bridgehead atoms. The molecule has 108 valence electrons. The van der Waals surface area contributed by atoms with E-state index < -0.39 is 6.03 Å². The number of amides is 3. The summed E-state index contributed by atoms with van der Waals surface area (Å²) in [7, 11) is 0. The van der Waals surface area contributed by atoms with Gasteiger partial charge in [-0.05, 0) is 43.0 Å². The zero-order chi connectivity index (χ0) is 14.5. The number of likely N-dealkylation sites (tertiary alicyclic amines) is 1. The number of nitrogens with one attached hydrogen (secondary N) is 1. The van der Waals surface area contributed by atoms with Crippen molar-refractivity contribution >= 4 is 17.6 Å². The number of primary amides is 1. The summed E-state index contributed by atoms with van der Waals surface area (Å²) in [6.45, 7) is 1.53. The van der Waals surface area contributed by atoms with Gasteiger partial charge >= 0.3 is 6.03 Å². The third-order valence-corrected chi connectivity index (χ3v) is 3.56. The smallest absolute Gasteiger partial charge is 0.316 e. The van der Waals surface area contributed by atoms with Crippen LogP contribution in [0.1, 0.15) is 23.2 Å². The summed E-state index contributed by atoms with van der Waals surface area (Å²) in [5, 5.41) is 11.5. The highest BCUT2D eigenvalue weighted by Crippen LogP contribution is 2.19. The van der Waals surface area contributed by atoms with Gasteiger partial charge in [-0.25, -0.2) is 4.79 Å². The Hall–Kier alpha value is -2.08. The fourth-order valence-electron chi connectivity index (χ4n) is 2.34. The van der Waals surface area contributed by atoms with Crippen molar-refractivity contribution in [1.82, 2.24) is 4.90 Å². The van der Waals surface area contributed by atoms with Crippen LogP contribution in [-0.4, -0.2) is 41.6 Å². The average molecular weight is 277 g/mol. The van der Waals surface area contributed by atoms with Gasteiger partial charge in [-0.2, -0.15) is 0 Å². The molecule has 0 saturated carbocycles. The van der Waals surface area contributed by atoms with Crippen molar-refractivity contribution in [2.45, 2.75) is 12.8 Å². The van der Waals surface area contributed by atoms with E-state index >= 15 is 0 Å². The first-order chi connectivity index (χ1) is 9.60. The van der Waals surface area contributed by atoms with Crippen molar-refractivity contribution in [3.05, 3.63) is 29.8 Å². The molecule has 1 aliphatic rings. The fourth-order valence-corrected chi connectivity index (χ4v) is 2.34. The van der Waals surface area contributed by atoms with E-state index in [-0.39, 0.29) is 12.5 Å². The third kappa shape index (κ3) is 3.48. The minimum atomic E-state index is -0.629. The van der Waals surface area contributed by atoms with Gasteiger partial charge in [0.1, 0.15) is 0 Å². The number of carbonyl (C=O) groups excluding carboxylic acids is 2. The van der Waals surface area contributed by atoms with Gasteiger partial charge in [-0.3, -0.25) is 4.79 Å². The van der Waals surface area contributed by atoms with Crippen molar-refractivity contribution in [1.29, 1.82) is 0 Å². The van der Waals surface area contributed by atoms with Crippen LogP contribution < -0.4 is 11.1 Å². The van der Waals surface area contributed by atoms with Gasteiger partial charge < -0.3 is 21.1 Å². The predicted octanol–water partition coefficient (Wildman–Crippen LogP) is 1.02. The van der Waals surface area contributed by atoms with Crippen molar-refractivity contribution in [3.63, 3.8) is 0 Å². The molecule has 1 fully saturated rings. The summed E-state index contributed by atoms with van der Waals surface area (Å²) in [6.07, 6.45) is 1.67. The Kier molecular flexibility index (Phi) is 4.57. The number of piperidine rings is 1. The first kappa shape index (κ1) is 14.3. The molecule has 0 atom stereocenters. The lowest BCUT2D eigenvalue weighted by Crippen LogP contribution is -2.39. The van der Waals surface area contributed by atoms with Gasteiger partial charge in [-0.1, -0.05) is 0 Å². The lowest BCUT2D eigenvalue weighted by Gasteiger charge is -2.31. The molecule has 2 rings (SSSR count). The normalized spacial score (nSPS) is 15.9. The van der Waals surface area contributed by atoms with E-state index in [0.717, 1.165) is 12.8 Å². The Morgan fingerprint density at radius 2 is 1.85 bits per heavy atom. The maximum absolute atomic E-state index is 12.3. The Morgan fingerprint density at radius 3 is 2.35 bits per heavy atom. The lowest BCUT2D eigenvalue weighted by molar-refractivity contribution is 0.0651. The number of hydrogen-bond donors (Lipinski definition) is 3. The number of anilines is 1. The number of aliphatic hydroxyl groups excluding tert-OH is 1. The molecule has 6 nitrogen and oxygen atoms in total.